The van der Waals surface area contributed by atoms with Crippen molar-refractivity contribution in [2.24, 2.45) is 10.2 Å². The normalized spacial score (nSPS) is 11.2. The van der Waals surface area contributed by atoms with Gasteiger partial charge in [0.15, 0.2) is 5.75 Å². The molecule has 3 nitrogen and oxygen atoms in total. The third-order valence-corrected chi connectivity index (χ3v) is 2.99. The molecular weight excluding hydrogens is 283 g/mol. The number of benzene rings is 2. The van der Waals surface area contributed by atoms with E-state index in [0.717, 1.165) is 11.1 Å². The highest BCUT2D eigenvalue weighted by Crippen LogP contribution is 2.37. The molecule has 2 aromatic rings. The van der Waals surface area contributed by atoms with Crippen LogP contribution in [0.2, 0.25) is 10.0 Å². The van der Waals surface area contributed by atoms with Crippen LogP contribution in [0.15, 0.2) is 40.6 Å². The summed E-state index contributed by atoms with van der Waals surface area (Å²) < 4.78 is 0. The first kappa shape index (κ1) is 13.8. The van der Waals surface area contributed by atoms with Crippen LogP contribution in [0.1, 0.15) is 11.1 Å². The predicted molar refractivity (Wildman–Crippen MR) is 78.2 cm³/mol. The van der Waals surface area contributed by atoms with E-state index in [0.29, 0.717) is 10.7 Å². The van der Waals surface area contributed by atoms with E-state index in [1.54, 1.807) is 0 Å². The topological polar surface area (TPSA) is 45.0 Å². The Kier molecular flexibility index (Phi) is 4.08. The number of hydrogen-bond acceptors (Lipinski definition) is 3. The zero-order valence-corrected chi connectivity index (χ0v) is 12.0. The fourth-order valence-electron chi connectivity index (χ4n) is 1.75. The minimum absolute atomic E-state index is 0.126. The molecule has 0 heterocycles. The van der Waals surface area contributed by atoms with E-state index >= 15 is 0 Å². The van der Waals surface area contributed by atoms with Crippen LogP contribution in [-0.4, -0.2) is 5.11 Å². The van der Waals surface area contributed by atoms with Crippen LogP contribution in [0.3, 0.4) is 0 Å². The van der Waals surface area contributed by atoms with Crippen molar-refractivity contribution in [3.05, 3.63) is 51.5 Å². The summed E-state index contributed by atoms with van der Waals surface area (Å²) in [7, 11) is 0. The number of nitrogens with zero attached hydrogens (tertiary/aromatic N) is 2. The van der Waals surface area contributed by atoms with Gasteiger partial charge >= 0.3 is 0 Å². The number of hydrogen-bond donors (Lipinski definition) is 1. The average molecular weight is 295 g/mol. The van der Waals surface area contributed by atoms with E-state index in [9.17, 15) is 5.11 Å². The summed E-state index contributed by atoms with van der Waals surface area (Å²) >= 11 is 11.7. The van der Waals surface area contributed by atoms with Crippen molar-refractivity contribution in [3.8, 4) is 5.75 Å². The molecular formula is C14H12Cl2N2O. The minimum Gasteiger partial charge on any atom is -0.504 e. The summed E-state index contributed by atoms with van der Waals surface area (Å²) in [5.74, 6) is -0.126. The predicted octanol–water partition coefficient (Wildman–Crippen LogP) is 5.73. The molecule has 19 heavy (non-hydrogen) atoms. The van der Waals surface area contributed by atoms with Gasteiger partial charge in [0.05, 0.1) is 10.7 Å². The molecule has 0 aliphatic rings. The van der Waals surface area contributed by atoms with Gasteiger partial charge in [-0.15, -0.1) is 5.11 Å². The first-order chi connectivity index (χ1) is 8.95. The van der Waals surface area contributed by atoms with E-state index < -0.39 is 0 Å². The Morgan fingerprint density at radius 3 is 2.16 bits per heavy atom. The Bertz CT molecular complexity index is 634. The van der Waals surface area contributed by atoms with Crippen molar-refractivity contribution in [1.82, 2.24) is 0 Å². The summed E-state index contributed by atoms with van der Waals surface area (Å²) in [6.45, 7) is 3.97. The monoisotopic (exact) mass is 294 g/mol. The first-order valence-electron chi connectivity index (χ1n) is 5.64. The number of halogens is 2. The molecule has 0 aliphatic heterocycles. The molecule has 0 saturated carbocycles. The fraction of sp³-hybridized carbons (Fsp3) is 0.143. The molecule has 2 rings (SSSR count). The average Bonchev–Trinajstić information content (AvgIpc) is 2.30. The van der Waals surface area contributed by atoms with Crippen LogP contribution < -0.4 is 0 Å². The summed E-state index contributed by atoms with van der Waals surface area (Å²) in [6.07, 6.45) is 0. The van der Waals surface area contributed by atoms with Crippen molar-refractivity contribution < 1.29 is 5.11 Å². The molecule has 0 amide bonds. The van der Waals surface area contributed by atoms with Crippen molar-refractivity contribution >= 4 is 34.6 Å². The maximum atomic E-state index is 9.76. The van der Waals surface area contributed by atoms with E-state index in [1.165, 1.54) is 12.1 Å². The van der Waals surface area contributed by atoms with Gasteiger partial charge in [0, 0.05) is 5.02 Å². The van der Waals surface area contributed by atoms with Gasteiger partial charge in [0.25, 0.3) is 0 Å². The van der Waals surface area contributed by atoms with Gasteiger partial charge in [-0.2, -0.15) is 5.11 Å². The zero-order valence-electron chi connectivity index (χ0n) is 10.5. The summed E-state index contributed by atoms with van der Waals surface area (Å²) in [4.78, 5) is 0. The Hall–Kier alpha value is -1.58. The first-order valence-corrected chi connectivity index (χ1v) is 6.39. The molecule has 5 heteroatoms. The maximum Gasteiger partial charge on any atom is 0.161 e. The van der Waals surface area contributed by atoms with E-state index in [2.05, 4.69) is 10.2 Å². The molecule has 0 aliphatic carbocycles. The SMILES string of the molecule is Cc1cc(C)cc(N=Nc2cc(Cl)cc(Cl)c2O)c1. The minimum atomic E-state index is -0.126. The summed E-state index contributed by atoms with van der Waals surface area (Å²) in [5, 5.41) is 18.4. The number of aryl methyl sites for hydroxylation is 2. The highest BCUT2D eigenvalue weighted by Gasteiger charge is 2.07. The molecule has 0 aromatic heterocycles. The third kappa shape index (κ3) is 3.46. The highest BCUT2D eigenvalue weighted by molar-refractivity contribution is 6.36. The van der Waals surface area contributed by atoms with Crippen LogP contribution >= 0.6 is 23.2 Å². The smallest absolute Gasteiger partial charge is 0.161 e. The number of phenols is 1. The molecule has 98 valence electrons. The molecule has 0 bridgehead atoms. The Morgan fingerprint density at radius 1 is 0.895 bits per heavy atom. The second-order valence-corrected chi connectivity index (χ2v) is 5.14. The van der Waals surface area contributed by atoms with Crippen LogP contribution in [0.5, 0.6) is 5.75 Å². The Morgan fingerprint density at radius 2 is 1.53 bits per heavy atom. The molecule has 2 aromatic carbocycles. The van der Waals surface area contributed by atoms with Crippen molar-refractivity contribution in [2.75, 3.05) is 0 Å². The molecule has 0 atom stereocenters. The molecule has 0 radical (unpaired) electrons. The number of rotatable bonds is 2. The number of aromatic hydroxyl groups is 1. The molecule has 1 N–H and O–H groups in total. The molecule has 0 spiro atoms. The standard InChI is InChI=1S/C14H12Cl2N2O/c1-8-3-9(2)5-11(4-8)17-18-13-7-10(15)6-12(16)14(13)19/h3-7,19H,1-2H3. The van der Waals surface area contributed by atoms with Crippen molar-refractivity contribution in [1.29, 1.82) is 0 Å². The largest absolute Gasteiger partial charge is 0.504 e. The van der Waals surface area contributed by atoms with Crippen LogP contribution in [0.25, 0.3) is 0 Å². The maximum absolute atomic E-state index is 9.76. The summed E-state index contributed by atoms with van der Waals surface area (Å²) in [6, 6.07) is 8.81. The van der Waals surface area contributed by atoms with Gasteiger partial charge in [0.1, 0.15) is 5.69 Å². The van der Waals surface area contributed by atoms with Gasteiger partial charge in [-0.3, -0.25) is 0 Å². The number of phenolic OH excluding ortho intramolecular Hbond substituents is 1. The van der Waals surface area contributed by atoms with Gasteiger partial charge in [-0.05, 0) is 49.2 Å². The molecule has 0 fully saturated rings. The van der Waals surface area contributed by atoms with Crippen LogP contribution in [-0.2, 0) is 0 Å². The highest BCUT2D eigenvalue weighted by atomic mass is 35.5. The lowest BCUT2D eigenvalue weighted by atomic mass is 10.1. The van der Waals surface area contributed by atoms with Crippen molar-refractivity contribution in [2.45, 2.75) is 13.8 Å². The van der Waals surface area contributed by atoms with E-state index in [-0.39, 0.29) is 16.5 Å². The van der Waals surface area contributed by atoms with E-state index in [4.69, 9.17) is 23.2 Å². The zero-order chi connectivity index (χ0) is 14.0. The van der Waals surface area contributed by atoms with Crippen molar-refractivity contribution in [3.63, 3.8) is 0 Å². The van der Waals surface area contributed by atoms with Crippen LogP contribution in [0.4, 0.5) is 11.4 Å². The molecule has 0 unspecified atom stereocenters. The van der Waals surface area contributed by atoms with Gasteiger partial charge in [0.2, 0.25) is 0 Å². The summed E-state index contributed by atoms with van der Waals surface area (Å²) in [5.41, 5.74) is 3.16. The lowest BCUT2D eigenvalue weighted by Crippen LogP contribution is -1.76. The third-order valence-electron chi connectivity index (χ3n) is 2.49. The Labute approximate surface area is 121 Å². The second kappa shape index (κ2) is 5.59. The second-order valence-electron chi connectivity index (χ2n) is 4.30. The quantitative estimate of drug-likeness (QED) is 0.706. The van der Waals surface area contributed by atoms with Gasteiger partial charge in [-0.25, -0.2) is 0 Å². The number of azo groups is 1. The van der Waals surface area contributed by atoms with Crippen LogP contribution in [0, 0.1) is 13.8 Å². The van der Waals surface area contributed by atoms with Gasteiger partial charge < -0.3 is 5.11 Å². The lowest BCUT2D eigenvalue weighted by molar-refractivity contribution is 0.476. The van der Waals surface area contributed by atoms with E-state index in [1.807, 2.05) is 32.0 Å². The van der Waals surface area contributed by atoms with Gasteiger partial charge in [-0.1, -0.05) is 29.3 Å². The fourth-order valence-corrected chi connectivity index (χ4v) is 2.23. The molecule has 0 saturated heterocycles. The lowest BCUT2D eigenvalue weighted by Gasteiger charge is -2.02. The Balaban J connectivity index is 2.37.